The van der Waals surface area contributed by atoms with E-state index in [-0.39, 0.29) is 22.3 Å². The average Bonchev–Trinajstić information content (AvgIpc) is 2.85. The second-order valence-corrected chi connectivity index (χ2v) is 5.41. The van der Waals surface area contributed by atoms with Crippen LogP contribution in [-0.2, 0) is 11.3 Å². The largest absolute Gasteiger partial charge is 0.462 e. The van der Waals surface area contributed by atoms with E-state index in [0.29, 0.717) is 17.6 Å². The average molecular weight is 351 g/mol. The lowest BCUT2D eigenvalue weighted by Crippen LogP contribution is -2.07. The van der Waals surface area contributed by atoms with E-state index >= 15 is 0 Å². The van der Waals surface area contributed by atoms with E-state index in [1.54, 1.807) is 17.8 Å². The van der Waals surface area contributed by atoms with Crippen molar-refractivity contribution >= 4 is 40.2 Å². The molecule has 3 rings (SSSR count). The van der Waals surface area contributed by atoms with E-state index in [1.165, 1.54) is 6.20 Å². The topological polar surface area (TPSA) is 69.9 Å². The molecule has 0 spiro atoms. The summed E-state index contributed by atoms with van der Waals surface area (Å²) in [6.45, 7) is 2.36. The standard InChI is InChI=1S/C15H12Cl2N4O2/c1-2-23-15(22)10-7-19-14-11(12(10)16)13(17)20-21(14)8-9-5-3-4-6-18-9/h3-7H,2,8H2,1H3. The smallest absolute Gasteiger partial charge is 0.341 e. The number of fused-ring (bicyclic) bond motifs is 1. The summed E-state index contributed by atoms with van der Waals surface area (Å²) in [7, 11) is 0. The van der Waals surface area contributed by atoms with Gasteiger partial charge in [-0.3, -0.25) is 4.98 Å². The van der Waals surface area contributed by atoms with Gasteiger partial charge in [0.05, 0.1) is 34.8 Å². The summed E-state index contributed by atoms with van der Waals surface area (Å²) in [5, 5.41) is 5.03. The van der Waals surface area contributed by atoms with Gasteiger partial charge in [0.25, 0.3) is 0 Å². The number of carbonyl (C=O) groups is 1. The summed E-state index contributed by atoms with van der Waals surface area (Å²) >= 11 is 12.5. The molecule has 0 unspecified atom stereocenters. The highest BCUT2D eigenvalue weighted by molar-refractivity contribution is 6.43. The van der Waals surface area contributed by atoms with Crippen LogP contribution in [0, 0.1) is 0 Å². The van der Waals surface area contributed by atoms with Gasteiger partial charge in [0.15, 0.2) is 10.8 Å². The van der Waals surface area contributed by atoms with Crippen molar-refractivity contribution in [3.63, 3.8) is 0 Å². The molecule has 0 N–H and O–H groups in total. The molecule has 118 valence electrons. The summed E-state index contributed by atoms with van der Waals surface area (Å²) in [6.07, 6.45) is 3.07. The maximum absolute atomic E-state index is 11.9. The Morgan fingerprint density at radius 3 is 2.83 bits per heavy atom. The van der Waals surface area contributed by atoms with Crippen LogP contribution in [0.25, 0.3) is 11.0 Å². The van der Waals surface area contributed by atoms with Crippen LogP contribution >= 0.6 is 23.2 Å². The second kappa shape index (κ2) is 6.52. The number of nitrogens with zero attached hydrogens (tertiary/aromatic N) is 4. The summed E-state index contributed by atoms with van der Waals surface area (Å²) in [6, 6.07) is 5.59. The molecule has 0 aromatic carbocycles. The van der Waals surface area contributed by atoms with Crippen molar-refractivity contribution in [1.82, 2.24) is 19.7 Å². The Hall–Kier alpha value is -2.18. The molecule has 0 saturated carbocycles. The lowest BCUT2D eigenvalue weighted by atomic mass is 10.2. The monoisotopic (exact) mass is 350 g/mol. The maximum Gasteiger partial charge on any atom is 0.341 e. The molecule has 3 aromatic rings. The highest BCUT2D eigenvalue weighted by Gasteiger charge is 2.21. The number of carbonyl (C=O) groups excluding carboxylic acids is 1. The SMILES string of the molecule is CCOC(=O)c1cnc2c(c(Cl)nn2Cc2ccccn2)c1Cl. The van der Waals surface area contributed by atoms with E-state index in [9.17, 15) is 4.79 Å². The molecular weight excluding hydrogens is 339 g/mol. The van der Waals surface area contributed by atoms with Gasteiger partial charge in [0.2, 0.25) is 0 Å². The van der Waals surface area contributed by atoms with Gasteiger partial charge in [0.1, 0.15) is 0 Å². The van der Waals surface area contributed by atoms with E-state index in [2.05, 4.69) is 15.1 Å². The fourth-order valence-electron chi connectivity index (χ4n) is 2.17. The minimum absolute atomic E-state index is 0.167. The zero-order valence-corrected chi connectivity index (χ0v) is 13.7. The molecule has 0 fully saturated rings. The Bertz CT molecular complexity index is 865. The predicted molar refractivity (Wildman–Crippen MR) is 86.8 cm³/mol. The fourth-order valence-corrected chi connectivity index (χ4v) is 2.79. The van der Waals surface area contributed by atoms with Crippen LogP contribution < -0.4 is 0 Å². The second-order valence-electron chi connectivity index (χ2n) is 4.67. The Kier molecular flexibility index (Phi) is 4.45. The van der Waals surface area contributed by atoms with Crippen LogP contribution in [0.5, 0.6) is 0 Å². The van der Waals surface area contributed by atoms with Gasteiger partial charge in [0, 0.05) is 12.4 Å². The third-order valence-corrected chi connectivity index (χ3v) is 3.85. The van der Waals surface area contributed by atoms with Crippen molar-refractivity contribution in [3.05, 3.63) is 52.0 Å². The molecule has 3 heterocycles. The molecule has 23 heavy (non-hydrogen) atoms. The third-order valence-electron chi connectivity index (χ3n) is 3.19. The number of hydrogen-bond acceptors (Lipinski definition) is 5. The molecular formula is C15H12Cl2N4O2. The summed E-state index contributed by atoms with van der Waals surface area (Å²) in [5.41, 5.74) is 1.46. The minimum Gasteiger partial charge on any atom is -0.462 e. The normalized spacial score (nSPS) is 10.9. The van der Waals surface area contributed by atoms with Crippen LogP contribution in [0.3, 0.4) is 0 Å². The Morgan fingerprint density at radius 2 is 2.13 bits per heavy atom. The highest BCUT2D eigenvalue weighted by Crippen LogP contribution is 2.32. The van der Waals surface area contributed by atoms with Crippen LogP contribution in [-0.4, -0.2) is 32.3 Å². The molecule has 8 heteroatoms. The van der Waals surface area contributed by atoms with Crippen molar-refractivity contribution in [2.75, 3.05) is 6.61 Å². The number of hydrogen-bond donors (Lipinski definition) is 0. The molecule has 0 aliphatic carbocycles. The molecule has 6 nitrogen and oxygen atoms in total. The quantitative estimate of drug-likeness (QED) is 0.674. The Morgan fingerprint density at radius 1 is 1.30 bits per heavy atom. The van der Waals surface area contributed by atoms with Crippen LogP contribution in [0.4, 0.5) is 0 Å². The molecule has 0 atom stereocenters. The van der Waals surface area contributed by atoms with Crippen molar-refractivity contribution in [1.29, 1.82) is 0 Å². The Labute approximate surface area is 142 Å². The van der Waals surface area contributed by atoms with Gasteiger partial charge in [-0.2, -0.15) is 5.10 Å². The van der Waals surface area contributed by atoms with Crippen molar-refractivity contribution < 1.29 is 9.53 Å². The zero-order valence-electron chi connectivity index (χ0n) is 12.2. The van der Waals surface area contributed by atoms with Gasteiger partial charge in [-0.15, -0.1) is 0 Å². The van der Waals surface area contributed by atoms with Crippen LogP contribution in [0.15, 0.2) is 30.6 Å². The van der Waals surface area contributed by atoms with Gasteiger partial charge in [-0.1, -0.05) is 29.3 Å². The van der Waals surface area contributed by atoms with E-state index in [1.807, 2.05) is 18.2 Å². The molecule has 0 amide bonds. The van der Waals surface area contributed by atoms with E-state index < -0.39 is 5.97 Å². The molecule has 0 aliphatic rings. The molecule has 0 radical (unpaired) electrons. The first-order valence-electron chi connectivity index (χ1n) is 6.89. The molecule has 0 aliphatic heterocycles. The lowest BCUT2D eigenvalue weighted by molar-refractivity contribution is 0.0526. The first-order chi connectivity index (χ1) is 11.1. The third kappa shape index (κ3) is 3.00. The number of ether oxygens (including phenoxy) is 1. The number of rotatable bonds is 4. The number of halogens is 2. The van der Waals surface area contributed by atoms with Crippen molar-refractivity contribution in [2.24, 2.45) is 0 Å². The predicted octanol–water partition coefficient (Wildman–Crippen LogP) is 3.36. The maximum atomic E-state index is 11.9. The highest BCUT2D eigenvalue weighted by atomic mass is 35.5. The van der Waals surface area contributed by atoms with Crippen molar-refractivity contribution in [3.8, 4) is 0 Å². The lowest BCUT2D eigenvalue weighted by Gasteiger charge is -2.05. The van der Waals surface area contributed by atoms with Crippen LogP contribution in [0.2, 0.25) is 10.2 Å². The van der Waals surface area contributed by atoms with E-state index in [4.69, 9.17) is 27.9 Å². The minimum atomic E-state index is -0.541. The van der Waals surface area contributed by atoms with Crippen LogP contribution in [0.1, 0.15) is 23.0 Å². The van der Waals surface area contributed by atoms with Gasteiger partial charge < -0.3 is 4.74 Å². The number of aromatic nitrogens is 4. The number of esters is 1. The van der Waals surface area contributed by atoms with Gasteiger partial charge in [-0.25, -0.2) is 14.5 Å². The summed E-state index contributed by atoms with van der Waals surface area (Å²) in [4.78, 5) is 20.4. The molecule has 0 saturated heterocycles. The molecule has 3 aromatic heterocycles. The first-order valence-corrected chi connectivity index (χ1v) is 7.65. The van der Waals surface area contributed by atoms with Gasteiger partial charge in [-0.05, 0) is 19.1 Å². The Balaban J connectivity index is 2.06. The summed E-state index contributed by atoms with van der Waals surface area (Å²) in [5.74, 6) is -0.541. The zero-order chi connectivity index (χ0) is 16.4. The molecule has 0 bridgehead atoms. The van der Waals surface area contributed by atoms with Crippen molar-refractivity contribution in [2.45, 2.75) is 13.5 Å². The van der Waals surface area contributed by atoms with E-state index in [0.717, 1.165) is 5.69 Å². The fraction of sp³-hybridized carbons (Fsp3) is 0.200. The number of pyridine rings is 2. The summed E-state index contributed by atoms with van der Waals surface area (Å²) < 4.78 is 6.55. The first kappa shape index (κ1) is 15.7. The van der Waals surface area contributed by atoms with Gasteiger partial charge >= 0.3 is 5.97 Å².